The van der Waals surface area contributed by atoms with Crippen molar-refractivity contribution in [3.8, 4) is 16.9 Å². The Labute approximate surface area is 208 Å². The van der Waals surface area contributed by atoms with Crippen LogP contribution < -0.4 is 21.1 Å². The van der Waals surface area contributed by atoms with Gasteiger partial charge < -0.3 is 21.1 Å². The molecule has 0 spiro atoms. The summed E-state index contributed by atoms with van der Waals surface area (Å²) < 4.78 is 7.55. The van der Waals surface area contributed by atoms with E-state index in [0.717, 1.165) is 28.1 Å². The van der Waals surface area contributed by atoms with Crippen LogP contribution in [0.5, 0.6) is 5.75 Å². The molecular weight excluding hydrogens is 452 g/mol. The number of anilines is 2. The zero-order valence-electron chi connectivity index (χ0n) is 19.6. The molecule has 5 rings (SSSR count). The molecule has 0 atom stereocenters. The molecule has 4 N–H and O–H groups in total. The second-order valence-corrected chi connectivity index (χ2v) is 8.15. The van der Waals surface area contributed by atoms with Crippen molar-refractivity contribution in [1.29, 1.82) is 0 Å². The average Bonchev–Trinajstić information content (AvgIpc) is 3.35. The van der Waals surface area contributed by atoms with Crippen molar-refractivity contribution in [2.45, 2.75) is 6.61 Å². The van der Waals surface area contributed by atoms with Crippen LogP contribution in [0.1, 0.15) is 16.1 Å². The number of rotatable bonds is 9. The van der Waals surface area contributed by atoms with E-state index < -0.39 is 0 Å². The third kappa shape index (κ3) is 5.18. The number of aromatic nitrogens is 3. The lowest BCUT2D eigenvalue weighted by atomic mass is 10.1. The van der Waals surface area contributed by atoms with E-state index in [0.29, 0.717) is 36.7 Å². The molecule has 36 heavy (non-hydrogen) atoms. The number of para-hydroxylation sites is 2. The molecule has 0 aliphatic heterocycles. The highest BCUT2D eigenvalue weighted by atomic mass is 16.5. The molecule has 180 valence electrons. The Morgan fingerprint density at radius 1 is 0.917 bits per heavy atom. The van der Waals surface area contributed by atoms with E-state index in [-0.39, 0.29) is 5.91 Å². The molecule has 0 aliphatic rings. The predicted octanol–water partition coefficient (Wildman–Crippen LogP) is 4.60. The quantitative estimate of drug-likeness (QED) is 0.286. The van der Waals surface area contributed by atoms with E-state index in [4.69, 9.17) is 10.5 Å². The minimum absolute atomic E-state index is 0.292. The number of carbonyl (C=O) groups is 1. The van der Waals surface area contributed by atoms with Crippen LogP contribution in [0.15, 0.2) is 97.3 Å². The molecule has 0 radical (unpaired) electrons. The normalized spacial score (nSPS) is 10.8. The van der Waals surface area contributed by atoms with Crippen LogP contribution in [0.25, 0.3) is 16.8 Å². The van der Waals surface area contributed by atoms with Gasteiger partial charge in [0.05, 0.1) is 17.6 Å². The highest BCUT2D eigenvalue weighted by Gasteiger charge is 2.14. The van der Waals surface area contributed by atoms with Gasteiger partial charge >= 0.3 is 0 Å². The van der Waals surface area contributed by atoms with Gasteiger partial charge in [0.2, 0.25) is 0 Å². The first-order valence-electron chi connectivity index (χ1n) is 11.7. The van der Waals surface area contributed by atoms with Crippen molar-refractivity contribution in [3.05, 3.63) is 109 Å². The van der Waals surface area contributed by atoms with Gasteiger partial charge in [-0.1, -0.05) is 54.6 Å². The van der Waals surface area contributed by atoms with Crippen LogP contribution in [0.2, 0.25) is 0 Å². The first-order chi connectivity index (χ1) is 17.7. The number of ether oxygens (including phenoxy) is 1. The lowest BCUT2D eigenvalue weighted by molar-refractivity contribution is 0.102. The van der Waals surface area contributed by atoms with Crippen molar-refractivity contribution >= 4 is 22.9 Å². The predicted molar refractivity (Wildman–Crippen MR) is 141 cm³/mol. The molecule has 0 saturated heterocycles. The summed E-state index contributed by atoms with van der Waals surface area (Å²) in [4.78, 5) is 17.6. The zero-order valence-corrected chi connectivity index (χ0v) is 19.6. The van der Waals surface area contributed by atoms with Gasteiger partial charge in [0, 0.05) is 24.8 Å². The summed E-state index contributed by atoms with van der Waals surface area (Å²) in [6.07, 6.45) is 3.48. The van der Waals surface area contributed by atoms with Crippen molar-refractivity contribution in [1.82, 2.24) is 14.6 Å². The van der Waals surface area contributed by atoms with E-state index in [1.165, 1.54) is 0 Å². The lowest BCUT2D eigenvalue weighted by Gasteiger charge is -2.12. The van der Waals surface area contributed by atoms with Gasteiger partial charge in [-0.25, -0.2) is 9.50 Å². The summed E-state index contributed by atoms with van der Waals surface area (Å²) in [5, 5.41) is 10.5. The topological polar surface area (TPSA) is 107 Å². The summed E-state index contributed by atoms with van der Waals surface area (Å²) in [5.74, 6) is 0.463. The Balaban J connectivity index is 1.34. The van der Waals surface area contributed by atoms with Crippen molar-refractivity contribution in [2.75, 3.05) is 23.7 Å². The van der Waals surface area contributed by atoms with Gasteiger partial charge in [0.1, 0.15) is 18.1 Å². The number of hydrogen-bond acceptors (Lipinski definition) is 6. The molecule has 2 heterocycles. The smallest absolute Gasteiger partial charge is 0.274 e. The number of amides is 1. The number of fused-ring (bicyclic) bond motifs is 1. The van der Waals surface area contributed by atoms with Crippen LogP contribution in [0, 0.1) is 0 Å². The molecular formula is C28H26N6O2. The first-order valence-corrected chi connectivity index (χ1v) is 11.7. The number of carbonyl (C=O) groups excluding carboxylic acids is 1. The van der Waals surface area contributed by atoms with Gasteiger partial charge in [0.25, 0.3) is 5.91 Å². The molecule has 8 nitrogen and oxygen atoms in total. The Hall–Kier alpha value is -4.69. The largest absolute Gasteiger partial charge is 0.489 e. The Morgan fingerprint density at radius 3 is 2.44 bits per heavy atom. The van der Waals surface area contributed by atoms with Crippen molar-refractivity contribution in [2.24, 2.45) is 5.73 Å². The van der Waals surface area contributed by atoms with E-state index in [9.17, 15) is 4.79 Å². The number of nitrogens with one attached hydrogen (secondary N) is 2. The maximum atomic E-state index is 13.0. The van der Waals surface area contributed by atoms with Crippen LogP contribution in [0.4, 0.5) is 11.4 Å². The van der Waals surface area contributed by atoms with Gasteiger partial charge in [-0.15, -0.1) is 0 Å². The second kappa shape index (κ2) is 10.7. The average molecular weight is 479 g/mol. The molecule has 5 aromatic rings. The van der Waals surface area contributed by atoms with E-state index in [1.807, 2.05) is 78.9 Å². The van der Waals surface area contributed by atoms with Gasteiger partial charge in [-0.2, -0.15) is 5.10 Å². The number of nitrogens with two attached hydrogens (primary N) is 1. The molecule has 0 bridgehead atoms. The summed E-state index contributed by atoms with van der Waals surface area (Å²) in [6.45, 7) is 1.60. The van der Waals surface area contributed by atoms with Crippen LogP contribution in [-0.2, 0) is 6.61 Å². The fraction of sp³-hybridized carbons (Fsp3) is 0.107. The van der Waals surface area contributed by atoms with E-state index in [1.54, 1.807) is 23.0 Å². The standard InChI is InChI=1S/C28H26N6O2/c29-15-16-30-24-8-4-5-9-25(24)33-28(35)26-14-17-34-27(32-26)23(18-31-34)21-10-12-22(13-11-21)36-19-20-6-2-1-3-7-20/h1-14,17-18,30H,15-16,19,29H2,(H,33,35). The Morgan fingerprint density at radius 2 is 1.67 bits per heavy atom. The molecule has 0 saturated carbocycles. The fourth-order valence-corrected chi connectivity index (χ4v) is 3.81. The SMILES string of the molecule is NCCNc1ccccc1NC(=O)c1ccn2ncc(-c3ccc(OCc4ccccc4)cc3)c2n1. The van der Waals surface area contributed by atoms with E-state index in [2.05, 4.69) is 20.7 Å². The molecule has 2 aromatic heterocycles. The molecule has 3 aromatic carbocycles. The second-order valence-electron chi connectivity index (χ2n) is 8.15. The maximum absolute atomic E-state index is 13.0. The highest BCUT2D eigenvalue weighted by molar-refractivity contribution is 6.05. The zero-order chi connectivity index (χ0) is 24.7. The number of hydrogen-bond donors (Lipinski definition) is 3. The molecule has 0 unspecified atom stereocenters. The summed E-state index contributed by atoms with van der Waals surface area (Å²) in [5.41, 5.74) is 10.8. The minimum atomic E-state index is -0.309. The summed E-state index contributed by atoms with van der Waals surface area (Å²) in [6, 6.07) is 26.9. The summed E-state index contributed by atoms with van der Waals surface area (Å²) >= 11 is 0. The van der Waals surface area contributed by atoms with Crippen LogP contribution >= 0.6 is 0 Å². The molecule has 0 aliphatic carbocycles. The van der Waals surface area contributed by atoms with Crippen LogP contribution in [0.3, 0.4) is 0 Å². The fourth-order valence-electron chi connectivity index (χ4n) is 3.81. The molecule has 1 amide bonds. The maximum Gasteiger partial charge on any atom is 0.274 e. The third-order valence-corrected chi connectivity index (χ3v) is 5.65. The monoisotopic (exact) mass is 478 g/mol. The molecule has 8 heteroatoms. The first kappa shape index (κ1) is 23.1. The Kier molecular flexibility index (Phi) is 6.86. The van der Waals surface area contributed by atoms with Gasteiger partial charge in [0.15, 0.2) is 5.65 Å². The summed E-state index contributed by atoms with van der Waals surface area (Å²) in [7, 11) is 0. The minimum Gasteiger partial charge on any atom is -0.489 e. The molecule has 0 fully saturated rings. The number of nitrogens with zero attached hydrogens (tertiary/aromatic N) is 3. The lowest BCUT2D eigenvalue weighted by Crippen LogP contribution is -2.17. The van der Waals surface area contributed by atoms with Crippen molar-refractivity contribution in [3.63, 3.8) is 0 Å². The highest BCUT2D eigenvalue weighted by Crippen LogP contribution is 2.26. The number of benzene rings is 3. The van der Waals surface area contributed by atoms with E-state index >= 15 is 0 Å². The van der Waals surface area contributed by atoms with Crippen LogP contribution in [-0.4, -0.2) is 33.6 Å². The third-order valence-electron chi connectivity index (χ3n) is 5.65. The van der Waals surface area contributed by atoms with Crippen molar-refractivity contribution < 1.29 is 9.53 Å². The van der Waals surface area contributed by atoms with Gasteiger partial charge in [-0.05, 0) is 41.5 Å². The Bertz CT molecular complexity index is 1460. The van der Waals surface area contributed by atoms with Gasteiger partial charge in [-0.3, -0.25) is 4.79 Å².